The maximum absolute atomic E-state index is 12.8. The summed E-state index contributed by atoms with van der Waals surface area (Å²) in [6, 6.07) is 15.0. The van der Waals surface area contributed by atoms with Gasteiger partial charge in [-0.05, 0) is 36.8 Å². The number of methoxy groups -OCH3 is 1. The van der Waals surface area contributed by atoms with Gasteiger partial charge in [-0.3, -0.25) is 4.79 Å². The van der Waals surface area contributed by atoms with Gasteiger partial charge in [0.2, 0.25) is 17.7 Å². The van der Waals surface area contributed by atoms with E-state index in [9.17, 15) is 4.79 Å². The number of hydrogen-bond donors (Lipinski definition) is 1. The zero-order valence-electron chi connectivity index (χ0n) is 18.3. The lowest BCUT2D eigenvalue weighted by atomic mass is 10.1. The zero-order valence-corrected chi connectivity index (χ0v) is 18.3. The summed E-state index contributed by atoms with van der Waals surface area (Å²) in [6.07, 6.45) is 4.12. The summed E-state index contributed by atoms with van der Waals surface area (Å²) < 4.78 is 12.9. The predicted octanol–water partition coefficient (Wildman–Crippen LogP) is 3.63. The molecule has 0 saturated carbocycles. The van der Waals surface area contributed by atoms with Crippen molar-refractivity contribution < 1.29 is 13.9 Å². The van der Waals surface area contributed by atoms with Crippen LogP contribution in [0.2, 0.25) is 0 Å². The Morgan fingerprint density at radius 3 is 2.53 bits per heavy atom. The minimum Gasteiger partial charge on any atom is -0.497 e. The molecular formula is C24H25N5O3. The van der Waals surface area contributed by atoms with E-state index in [0.717, 1.165) is 28.3 Å². The summed E-state index contributed by atoms with van der Waals surface area (Å²) in [7, 11) is 3.52. The third-order valence-corrected chi connectivity index (χ3v) is 5.20. The van der Waals surface area contributed by atoms with E-state index in [1.807, 2.05) is 73.3 Å². The van der Waals surface area contributed by atoms with Gasteiger partial charge in [0, 0.05) is 37.8 Å². The van der Waals surface area contributed by atoms with Crippen LogP contribution in [0.3, 0.4) is 0 Å². The largest absolute Gasteiger partial charge is 0.497 e. The lowest BCUT2D eigenvalue weighted by Crippen LogP contribution is -2.31. The SMILES string of the molecule is COc1ccc([C@H](NC(=O)CCc2nnc(-c3ccc(C)cc3)o2)c2nccn2C)cc1. The zero-order chi connectivity index (χ0) is 22.5. The number of nitrogens with zero attached hydrogens (tertiary/aromatic N) is 4. The Morgan fingerprint density at radius 1 is 1.12 bits per heavy atom. The molecule has 2 aromatic heterocycles. The molecule has 0 radical (unpaired) electrons. The Kier molecular flexibility index (Phi) is 6.30. The molecule has 1 atom stereocenters. The molecule has 0 aliphatic heterocycles. The van der Waals surface area contributed by atoms with Gasteiger partial charge in [0.25, 0.3) is 0 Å². The van der Waals surface area contributed by atoms with Crippen LogP contribution >= 0.6 is 0 Å². The summed E-state index contributed by atoms with van der Waals surface area (Å²) >= 11 is 0. The number of aryl methyl sites for hydroxylation is 3. The standard InChI is InChI=1S/C24H25N5O3/c1-16-4-6-18(7-5-16)24-28-27-21(32-24)13-12-20(30)26-22(23-25-14-15-29(23)2)17-8-10-19(31-3)11-9-17/h4-11,14-15,22H,12-13H2,1-3H3,(H,26,30)/t22-/m0/s1. The molecule has 8 heteroatoms. The van der Waals surface area contributed by atoms with Crippen molar-refractivity contribution in [3.63, 3.8) is 0 Å². The molecule has 2 heterocycles. The fourth-order valence-electron chi connectivity index (χ4n) is 3.37. The molecule has 0 fully saturated rings. The lowest BCUT2D eigenvalue weighted by Gasteiger charge is -2.19. The number of aromatic nitrogens is 4. The first-order valence-electron chi connectivity index (χ1n) is 10.3. The van der Waals surface area contributed by atoms with Crippen LogP contribution in [-0.4, -0.2) is 32.8 Å². The van der Waals surface area contributed by atoms with Gasteiger partial charge >= 0.3 is 0 Å². The maximum Gasteiger partial charge on any atom is 0.247 e. The molecule has 8 nitrogen and oxygen atoms in total. The Bertz CT molecular complexity index is 1180. The molecule has 164 valence electrons. The molecule has 0 aliphatic rings. The molecule has 0 aliphatic carbocycles. The number of amides is 1. The van der Waals surface area contributed by atoms with Crippen LogP contribution < -0.4 is 10.1 Å². The number of hydrogen-bond acceptors (Lipinski definition) is 6. The highest BCUT2D eigenvalue weighted by atomic mass is 16.5. The summed E-state index contributed by atoms with van der Waals surface area (Å²) in [6.45, 7) is 2.02. The topological polar surface area (TPSA) is 95.1 Å². The van der Waals surface area contributed by atoms with Crippen molar-refractivity contribution in [2.45, 2.75) is 25.8 Å². The molecule has 0 saturated heterocycles. The van der Waals surface area contributed by atoms with Crippen LogP contribution in [0.15, 0.2) is 65.3 Å². The number of carbonyl (C=O) groups excluding carboxylic acids is 1. The highest BCUT2D eigenvalue weighted by Crippen LogP contribution is 2.23. The summed E-state index contributed by atoms with van der Waals surface area (Å²) in [4.78, 5) is 17.2. The van der Waals surface area contributed by atoms with Gasteiger partial charge < -0.3 is 19.0 Å². The first kappa shape index (κ1) is 21.3. The van der Waals surface area contributed by atoms with E-state index < -0.39 is 0 Å². The van der Waals surface area contributed by atoms with Crippen molar-refractivity contribution >= 4 is 5.91 Å². The molecule has 2 aromatic carbocycles. The molecular weight excluding hydrogens is 406 g/mol. The number of imidazole rings is 1. The second-order valence-corrected chi connectivity index (χ2v) is 7.54. The van der Waals surface area contributed by atoms with Gasteiger partial charge in [0.15, 0.2) is 0 Å². The molecule has 4 aromatic rings. The van der Waals surface area contributed by atoms with Crippen molar-refractivity contribution in [3.8, 4) is 17.2 Å². The van der Waals surface area contributed by atoms with Crippen molar-refractivity contribution in [2.75, 3.05) is 7.11 Å². The molecule has 0 spiro atoms. The Balaban J connectivity index is 1.43. The lowest BCUT2D eigenvalue weighted by molar-refractivity contribution is -0.121. The molecule has 0 unspecified atom stereocenters. The molecule has 1 N–H and O–H groups in total. The predicted molar refractivity (Wildman–Crippen MR) is 119 cm³/mol. The molecule has 4 rings (SSSR count). The molecule has 0 bridgehead atoms. The van der Waals surface area contributed by atoms with E-state index in [2.05, 4.69) is 20.5 Å². The average molecular weight is 431 g/mol. The van der Waals surface area contributed by atoms with Gasteiger partial charge in [-0.1, -0.05) is 29.8 Å². The first-order valence-corrected chi connectivity index (χ1v) is 10.3. The van der Waals surface area contributed by atoms with Crippen LogP contribution in [-0.2, 0) is 18.3 Å². The van der Waals surface area contributed by atoms with Crippen LogP contribution in [0.4, 0.5) is 0 Å². The normalized spacial score (nSPS) is 11.8. The molecule has 1 amide bonds. The number of nitrogens with one attached hydrogen (secondary N) is 1. The smallest absolute Gasteiger partial charge is 0.247 e. The quantitative estimate of drug-likeness (QED) is 0.458. The van der Waals surface area contributed by atoms with Crippen molar-refractivity contribution in [1.29, 1.82) is 0 Å². The highest BCUT2D eigenvalue weighted by Gasteiger charge is 2.21. The number of benzene rings is 2. The van der Waals surface area contributed by atoms with E-state index >= 15 is 0 Å². The monoisotopic (exact) mass is 431 g/mol. The van der Waals surface area contributed by atoms with E-state index in [1.165, 1.54) is 0 Å². The summed E-state index contributed by atoms with van der Waals surface area (Å²) in [5, 5.41) is 11.3. The second-order valence-electron chi connectivity index (χ2n) is 7.54. The van der Waals surface area contributed by atoms with E-state index in [4.69, 9.17) is 9.15 Å². The van der Waals surface area contributed by atoms with Crippen molar-refractivity contribution in [2.24, 2.45) is 7.05 Å². The van der Waals surface area contributed by atoms with Crippen molar-refractivity contribution in [1.82, 2.24) is 25.1 Å². The highest BCUT2D eigenvalue weighted by molar-refractivity contribution is 5.77. The Morgan fingerprint density at radius 2 is 1.88 bits per heavy atom. The Hall–Kier alpha value is -3.94. The number of rotatable bonds is 8. The van der Waals surface area contributed by atoms with Gasteiger partial charge in [-0.25, -0.2) is 4.98 Å². The number of carbonyl (C=O) groups is 1. The van der Waals surface area contributed by atoms with Gasteiger partial charge in [0.1, 0.15) is 17.6 Å². The van der Waals surface area contributed by atoms with Crippen LogP contribution in [0.25, 0.3) is 11.5 Å². The second kappa shape index (κ2) is 9.47. The number of ether oxygens (including phenoxy) is 1. The fraction of sp³-hybridized carbons (Fsp3) is 0.250. The van der Waals surface area contributed by atoms with E-state index in [-0.39, 0.29) is 18.4 Å². The molecule has 32 heavy (non-hydrogen) atoms. The first-order chi connectivity index (χ1) is 15.5. The van der Waals surface area contributed by atoms with Crippen LogP contribution in [0.5, 0.6) is 5.75 Å². The van der Waals surface area contributed by atoms with Crippen LogP contribution in [0.1, 0.15) is 35.3 Å². The minimum atomic E-state index is -0.390. The Labute approximate surface area is 186 Å². The maximum atomic E-state index is 12.8. The van der Waals surface area contributed by atoms with Gasteiger partial charge in [0.05, 0.1) is 7.11 Å². The van der Waals surface area contributed by atoms with E-state index in [0.29, 0.717) is 18.2 Å². The van der Waals surface area contributed by atoms with E-state index in [1.54, 1.807) is 13.3 Å². The third-order valence-electron chi connectivity index (χ3n) is 5.20. The summed E-state index contributed by atoms with van der Waals surface area (Å²) in [5.41, 5.74) is 2.92. The third kappa shape index (κ3) is 4.85. The van der Waals surface area contributed by atoms with Gasteiger partial charge in [-0.2, -0.15) is 0 Å². The average Bonchev–Trinajstić information content (AvgIpc) is 3.46. The fourth-order valence-corrected chi connectivity index (χ4v) is 3.37. The van der Waals surface area contributed by atoms with Gasteiger partial charge in [-0.15, -0.1) is 10.2 Å². The summed E-state index contributed by atoms with van der Waals surface area (Å²) in [5.74, 6) is 2.23. The van der Waals surface area contributed by atoms with Crippen molar-refractivity contribution in [3.05, 3.63) is 83.8 Å². The van der Waals surface area contributed by atoms with Crippen LogP contribution in [0, 0.1) is 6.92 Å². The minimum absolute atomic E-state index is 0.135.